The van der Waals surface area contributed by atoms with E-state index in [0.717, 1.165) is 0 Å². The minimum absolute atomic E-state index is 0.129. The van der Waals surface area contributed by atoms with Crippen molar-refractivity contribution in [3.63, 3.8) is 0 Å². The van der Waals surface area contributed by atoms with Crippen LogP contribution in [-0.2, 0) is 0 Å². The highest BCUT2D eigenvalue weighted by atomic mass is 27.3. The summed E-state index contributed by atoms with van der Waals surface area (Å²) in [6.07, 6.45) is 0. The molecule has 0 aromatic rings. The third kappa shape index (κ3) is 6.70. The molecule has 8 heavy (non-hydrogen) atoms. The lowest BCUT2D eigenvalue weighted by Crippen LogP contribution is -2.37. The molecule has 7 heteroatoms. The Morgan fingerprint density at radius 3 is 2.00 bits per heavy atom. The first-order valence-electron chi connectivity index (χ1n) is 2.79. The predicted molar refractivity (Wildman–Crippen MR) is 48.5 cm³/mol. The second kappa shape index (κ2) is 6.30. The summed E-state index contributed by atoms with van der Waals surface area (Å²) in [6.45, 7) is 0. The Hall–Kier alpha value is 2.58. The van der Waals surface area contributed by atoms with Crippen LogP contribution in [0, 0.1) is 0 Å². The molecule has 0 bridgehead atoms. The highest BCUT2D eigenvalue weighted by Gasteiger charge is 1.98. The van der Waals surface area contributed by atoms with Gasteiger partial charge in [0.25, 0.3) is 49.5 Å². The van der Waals surface area contributed by atoms with Crippen LogP contribution in [0.25, 0.3) is 0 Å². The summed E-state index contributed by atoms with van der Waals surface area (Å²) < 4.78 is 5.22. The van der Waals surface area contributed by atoms with E-state index < -0.39 is 0 Å². The Balaban J connectivity index is 3.10. The Bertz CT molecular complexity index is 56.4. The Morgan fingerprint density at radius 2 is 1.88 bits per heavy atom. The summed E-state index contributed by atoms with van der Waals surface area (Å²) in [6, 6.07) is 0. The van der Waals surface area contributed by atoms with Crippen LogP contribution >= 0.6 is 0 Å². The van der Waals surface area contributed by atoms with Crippen molar-refractivity contribution in [3.8, 4) is 0 Å². The van der Waals surface area contributed by atoms with Crippen molar-refractivity contribution in [2.45, 2.75) is 0 Å². The van der Waals surface area contributed by atoms with E-state index in [-0.39, 0.29) is 15.7 Å². The second-order valence-corrected chi connectivity index (χ2v) is 15.3. The fourth-order valence-corrected chi connectivity index (χ4v) is 10.1. The summed E-state index contributed by atoms with van der Waals surface area (Å²) in [5.74, 6) is 0. The lowest BCUT2D eigenvalue weighted by atomic mass is 11.5. The van der Waals surface area contributed by atoms with E-state index in [1.165, 1.54) is 54.9 Å². The van der Waals surface area contributed by atoms with Gasteiger partial charge in [-0.3, -0.25) is 0 Å². The van der Waals surface area contributed by atoms with Gasteiger partial charge < -0.3 is 4.72 Å². The molecule has 0 aromatic carbocycles. The maximum Gasteiger partial charge on any atom is 0.393 e. The summed E-state index contributed by atoms with van der Waals surface area (Å²) in [7, 11) is 0. The van der Waals surface area contributed by atoms with Crippen LogP contribution in [0.1, 0.15) is 0 Å². The Kier molecular flexibility index (Phi) is 8.34. The summed E-state index contributed by atoms with van der Waals surface area (Å²) >= 11 is 6.13. The van der Waals surface area contributed by atoms with Crippen molar-refractivity contribution in [3.05, 3.63) is 0 Å². The number of rotatable bonds is 3. The standard InChI is InChI=1S/CH2N.5Al.N.8H/c1-2;;;;;;;;;;;;;;/h1H2;;;;;;;;;;;;;;. The first kappa shape index (κ1) is 10.6. The van der Waals surface area contributed by atoms with E-state index >= 15 is 0 Å². The molecule has 0 amide bonds. The molecule has 0 aliphatic rings. The van der Waals surface area contributed by atoms with E-state index in [9.17, 15) is 0 Å². The lowest BCUT2D eigenvalue weighted by molar-refractivity contribution is 0.783. The normalized spacial score (nSPS) is 10.2. The molecule has 0 rings (SSSR count). The zero-order valence-corrected chi connectivity index (χ0v) is 14.8. The molecule has 0 atom stereocenters. The molecule has 0 fully saturated rings. The van der Waals surface area contributed by atoms with E-state index in [2.05, 4.69) is 21.0 Å². The van der Waals surface area contributed by atoms with Gasteiger partial charge in [0.15, 0.2) is 16.3 Å². The van der Waals surface area contributed by atoms with Crippen LogP contribution in [0.4, 0.5) is 0 Å². The Morgan fingerprint density at radius 1 is 1.38 bits per heavy atom. The largest absolute Gasteiger partial charge is 0.560 e. The Labute approximate surface area is 90.5 Å². The SMILES string of the molecule is [AlH][CH2][N]([AlH2])[AlH][N]([AlH2])[AlH2]. The topological polar surface area (TPSA) is 6.48 Å². The molecule has 2 nitrogen and oxygen atoms in total. The van der Waals surface area contributed by atoms with Gasteiger partial charge in [0.05, 0.1) is 0 Å². The summed E-state index contributed by atoms with van der Waals surface area (Å²) in [5, 5.41) is 1.32. The van der Waals surface area contributed by atoms with Crippen LogP contribution in [0.2, 0.25) is 0 Å². The molecule has 0 saturated heterocycles. The summed E-state index contributed by atoms with van der Waals surface area (Å²) in [4.78, 5) is 0. The van der Waals surface area contributed by atoms with Crippen molar-refractivity contribution < 1.29 is 0 Å². The van der Waals surface area contributed by atoms with Gasteiger partial charge in [-0.15, -0.1) is 5.41 Å². The number of nitrogens with zero attached hydrogens (tertiary/aromatic N) is 2. The molecule has 0 heterocycles. The highest BCUT2D eigenvalue weighted by molar-refractivity contribution is 6.55. The molecule has 0 unspecified atom stereocenters. The molecule has 0 spiro atoms. The minimum atomic E-state index is 0.129. The van der Waals surface area contributed by atoms with Crippen molar-refractivity contribution in [1.29, 1.82) is 0 Å². The molecular weight excluding hydrogens is 175 g/mol. The van der Waals surface area contributed by atoms with Crippen LogP contribution in [0.15, 0.2) is 0 Å². The zero-order valence-electron chi connectivity index (χ0n) is 6.02. The maximum absolute atomic E-state index is 2.61. The van der Waals surface area contributed by atoms with Gasteiger partial charge in [-0.1, -0.05) is 0 Å². The van der Waals surface area contributed by atoms with Gasteiger partial charge in [-0.2, -0.15) is 0 Å². The van der Waals surface area contributed by atoms with Gasteiger partial charge in [-0.05, 0) is 0 Å². The van der Waals surface area contributed by atoms with Crippen LogP contribution in [0.3, 0.4) is 0 Å². The number of hydrogen-bond acceptors (Lipinski definition) is 2. The van der Waals surface area contributed by atoms with E-state index in [1.807, 2.05) is 0 Å². The second-order valence-electron chi connectivity index (χ2n) is 2.30. The van der Waals surface area contributed by atoms with Crippen LogP contribution in [0.5, 0.6) is 0 Å². The average molecular weight is 185 g/mol. The summed E-state index contributed by atoms with van der Waals surface area (Å²) in [5.41, 5.74) is 0. The smallest absolute Gasteiger partial charge is 0.393 e. The van der Waals surface area contributed by atoms with Gasteiger partial charge in [0.2, 0.25) is 0 Å². The fourth-order valence-electron chi connectivity index (χ4n) is 0.554. The molecule has 1 radical (unpaired) electrons. The fraction of sp³-hybridized carbons (Fsp3) is 1.00. The van der Waals surface area contributed by atoms with E-state index in [1.54, 1.807) is 0 Å². The zero-order chi connectivity index (χ0) is 6.57. The molecule has 39 valence electrons. The van der Waals surface area contributed by atoms with Crippen LogP contribution < -0.4 is 0 Å². The first-order chi connectivity index (χ1) is 3.66. The van der Waals surface area contributed by atoms with Crippen molar-refractivity contribution in [2.24, 2.45) is 0 Å². The average Bonchev–Trinajstić information content (AvgIpc) is 1.65. The molecule has 0 aromatic heterocycles. The molecule has 0 aliphatic heterocycles. The molecular formula is CH10Al5N2. The lowest BCUT2D eigenvalue weighted by Gasteiger charge is -2.20. The quantitative estimate of drug-likeness (QED) is 0.408. The van der Waals surface area contributed by atoms with Crippen molar-refractivity contribution >= 4 is 81.5 Å². The maximum atomic E-state index is 2.61. The monoisotopic (exact) mass is 185 g/mol. The highest BCUT2D eigenvalue weighted by Crippen LogP contribution is 1.72. The minimum Gasteiger partial charge on any atom is -0.560 e. The van der Waals surface area contributed by atoms with Gasteiger partial charge >= 0.3 is 15.7 Å². The van der Waals surface area contributed by atoms with E-state index in [0.29, 0.717) is 0 Å². The van der Waals surface area contributed by atoms with Crippen molar-refractivity contribution in [1.82, 2.24) is 4.72 Å². The third-order valence-corrected chi connectivity index (χ3v) is 7.55. The van der Waals surface area contributed by atoms with Crippen LogP contribution in [-0.4, -0.2) is 91.6 Å². The van der Waals surface area contributed by atoms with Gasteiger partial charge in [0, 0.05) is 0 Å². The molecule has 0 aliphatic carbocycles. The predicted octanol–water partition coefficient (Wildman–Crippen LogP) is -4.64. The first-order valence-corrected chi connectivity index (χ1v) is 7.74. The third-order valence-electron chi connectivity index (χ3n) is 0.906. The van der Waals surface area contributed by atoms with Gasteiger partial charge in [-0.25, -0.2) is 0 Å². The van der Waals surface area contributed by atoms with Gasteiger partial charge in [0.1, 0.15) is 0 Å². The van der Waals surface area contributed by atoms with E-state index in [4.69, 9.17) is 0 Å². The molecule has 0 N–H and O–H groups in total. The number of hydrogen-bond donors (Lipinski definition) is 0. The van der Waals surface area contributed by atoms with Crippen molar-refractivity contribution in [2.75, 3.05) is 5.41 Å². The molecule has 0 saturated carbocycles.